The second-order valence-electron chi connectivity index (χ2n) is 3.89. The summed E-state index contributed by atoms with van der Waals surface area (Å²) in [6.07, 6.45) is 0.664. The maximum absolute atomic E-state index is 8.62. The predicted molar refractivity (Wildman–Crippen MR) is 57.8 cm³/mol. The van der Waals surface area contributed by atoms with Gasteiger partial charge in [0, 0.05) is 24.9 Å². The minimum Gasteiger partial charge on any atom is -0.299 e. The first kappa shape index (κ1) is 10.9. The molecule has 0 bridgehead atoms. The van der Waals surface area contributed by atoms with Crippen LogP contribution in [0.5, 0.6) is 0 Å². The third-order valence-electron chi connectivity index (χ3n) is 2.48. The van der Waals surface area contributed by atoms with Crippen LogP contribution >= 0.6 is 11.8 Å². The second kappa shape index (κ2) is 5.51. The van der Waals surface area contributed by atoms with Crippen molar-refractivity contribution in [3.05, 3.63) is 0 Å². The minimum absolute atomic E-state index is 0.436. The highest BCUT2D eigenvalue weighted by molar-refractivity contribution is 7.99. The quantitative estimate of drug-likeness (QED) is 0.679. The summed E-state index contributed by atoms with van der Waals surface area (Å²) in [5.41, 5.74) is 0. The van der Waals surface area contributed by atoms with Gasteiger partial charge in [-0.05, 0) is 18.6 Å². The largest absolute Gasteiger partial charge is 0.299 e. The maximum Gasteiger partial charge on any atom is 0.0638 e. The van der Waals surface area contributed by atoms with Crippen LogP contribution in [0.4, 0.5) is 0 Å². The van der Waals surface area contributed by atoms with Gasteiger partial charge in [-0.3, -0.25) is 4.90 Å². The molecule has 13 heavy (non-hydrogen) atoms. The van der Waals surface area contributed by atoms with Crippen LogP contribution in [0.15, 0.2) is 0 Å². The van der Waals surface area contributed by atoms with E-state index in [9.17, 15) is 0 Å². The fourth-order valence-corrected chi connectivity index (χ4v) is 2.71. The highest BCUT2D eigenvalue weighted by atomic mass is 32.2. The molecule has 0 aromatic heterocycles. The van der Waals surface area contributed by atoms with Gasteiger partial charge in [-0.25, -0.2) is 0 Å². The van der Waals surface area contributed by atoms with Crippen molar-refractivity contribution in [3.63, 3.8) is 0 Å². The van der Waals surface area contributed by atoms with Crippen molar-refractivity contribution in [3.8, 4) is 6.07 Å². The van der Waals surface area contributed by atoms with E-state index >= 15 is 0 Å². The van der Waals surface area contributed by atoms with E-state index in [4.69, 9.17) is 5.26 Å². The Bertz CT molecular complexity index is 188. The number of rotatable bonds is 2. The summed E-state index contributed by atoms with van der Waals surface area (Å²) in [5, 5.41) is 8.62. The lowest BCUT2D eigenvalue weighted by molar-refractivity contribution is 0.205. The molecule has 2 nitrogen and oxygen atoms in total. The molecule has 3 heteroatoms. The van der Waals surface area contributed by atoms with Gasteiger partial charge in [-0.15, -0.1) is 0 Å². The Hall–Kier alpha value is -0.200. The molecule has 0 aromatic carbocycles. The van der Waals surface area contributed by atoms with Crippen molar-refractivity contribution >= 4 is 11.8 Å². The van der Waals surface area contributed by atoms with Gasteiger partial charge in [0.25, 0.3) is 0 Å². The van der Waals surface area contributed by atoms with Gasteiger partial charge in [0.2, 0.25) is 0 Å². The van der Waals surface area contributed by atoms with Crippen molar-refractivity contribution in [1.29, 1.82) is 5.26 Å². The summed E-state index contributed by atoms with van der Waals surface area (Å²) >= 11 is 2.04. The van der Waals surface area contributed by atoms with E-state index < -0.39 is 0 Å². The van der Waals surface area contributed by atoms with E-state index in [0.717, 1.165) is 19.0 Å². The standard InChI is InChI=1S/C10H18N2S/c1-9-7-12(5-6-13-8-9)10(2)3-4-11/h9-10H,3,5-8H2,1-2H3. The Morgan fingerprint density at radius 2 is 2.46 bits per heavy atom. The lowest BCUT2D eigenvalue weighted by atomic mass is 10.1. The van der Waals surface area contributed by atoms with E-state index in [-0.39, 0.29) is 0 Å². The van der Waals surface area contributed by atoms with Gasteiger partial charge < -0.3 is 0 Å². The first-order chi connectivity index (χ1) is 6.24. The molecule has 0 aliphatic carbocycles. The van der Waals surface area contributed by atoms with Crippen LogP contribution < -0.4 is 0 Å². The molecule has 1 rings (SSSR count). The van der Waals surface area contributed by atoms with Crippen molar-refractivity contribution < 1.29 is 0 Å². The molecule has 0 amide bonds. The van der Waals surface area contributed by atoms with Gasteiger partial charge in [0.15, 0.2) is 0 Å². The number of hydrogen-bond acceptors (Lipinski definition) is 3. The number of nitriles is 1. The van der Waals surface area contributed by atoms with Gasteiger partial charge in [0.1, 0.15) is 0 Å². The maximum atomic E-state index is 8.62. The van der Waals surface area contributed by atoms with Crippen LogP contribution in [0.3, 0.4) is 0 Å². The van der Waals surface area contributed by atoms with E-state index in [2.05, 4.69) is 24.8 Å². The van der Waals surface area contributed by atoms with Crippen molar-refractivity contribution in [2.24, 2.45) is 5.92 Å². The molecule has 2 unspecified atom stereocenters. The van der Waals surface area contributed by atoms with E-state index in [1.807, 2.05) is 11.8 Å². The van der Waals surface area contributed by atoms with Crippen LogP contribution in [0.25, 0.3) is 0 Å². The SMILES string of the molecule is CC1CSCCN(C(C)CC#N)C1. The fourth-order valence-electron chi connectivity index (χ4n) is 1.67. The molecule has 1 saturated heterocycles. The zero-order valence-electron chi connectivity index (χ0n) is 8.49. The van der Waals surface area contributed by atoms with Crippen LogP contribution in [0, 0.1) is 17.2 Å². The Morgan fingerprint density at radius 1 is 1.69 bits per heavy atom. The lowest BCUT2D eigenvalue weighted by Gasteiger charge is -2.27. The molecular weight excluding hydrogens is 180 g/mol. The van der Waals surface area contributed by atoms with Crippen molar-refractivity contribution in [2.75, 3.05) is 24.6 Å². The summed E-state index contributed by atoms with van der Waals surface area (Å²) in [6.45, 7) is 6.77. The van der Waals surface area contributed by atoms with E-state index in [1.165, 1.54) is 11.5 Å². The third-order valence-corrected chi connectivity index (χ3v) is 3.76. The molecule has 1 heterocycles. The molecule has 0 saturated carbocycles. The molecule has 74 valence electrons. The first-order valence-corrected chi connectivity index (χ1v) is 6.08. The number of thioether (sulfide) groups is 1. The van der Waals surface area contributed by atoms with Gasteiger partial charge >= 0.3 is 0 Å². The summed E-state index contributed by atoms with van der Waals surface area (Å²) < 4.78 is 0. The van der Waals surface area contributed by atoms with Crippen LogP contribution in [-0.4, -0.2) is 35.5 Å². The molecule has 0 aromatic rings. The molecule has 0 N–H and O–H groups in total. The first-order valence-electron chi connectivity index (χ1n) is 4.92. The van der Waals surface area contributed by atoms with Crippen LogP contribution in [0.2, 0.25) is 0 Å². The molecular formula is C10H18N2S. The van der Waals surface area contributed by atoms with Crippen LogP contribution in [-0.2, 0) is 0 Å². The Morgan fingerprint density at radius 3 is 3.15 bits per heavy atom. The molecule has 0 radical (unpaired) electrons. The Balaban J connectivity index is 2.43. The highest BCUT2D eigenvalue weighted by Gasteiger charge is 2.19. The smallest absolute Gasteiger partial charge is 0.0638 e. The molecule has 0 spiro atoms. The van der Waals surface area contributed by atoms with Crippen molar-refractivity contribution in [1.82, 2.24) is 4.90 Å². The van der Waals surface area contributed by atoms with E-state index in [1.54, 1.807) is 0 Å². The normalized spacial score (nSPS) is 27.6. The summed E-state index contributed by atoms with van der Waals surface area (Å²) in [7, 11) is 0. The Kier molecular flexibility index (Phi) is 4.61. The monoisotopic (exact) mass is 198 g/mol. The lowest BCUT2D eigenvalue weighted by Crippen LogP contribution is -2.36. The summed E-state index contributed by atoms with van der Waals surface area (Å²) in [5.74, 6) is 3.27. The Labute approximate surface area is 85.3 Å². The minimum atomic E-state index is 0.436. The topological polar surface area (TPSA) is 27.0 Å². The predicted octanol–water partition coefficient (Wildman–Crippen LogP) is 1.97. The van der Waals surface area contributed by atoms with Crippen LogP contribution in [0.1, 0.15) is 20.3 Å². The summed E-state index contributed by atoms with van der Waals surface area (Å²) in [4.78, 5) is 2.45. The van der Waals surface area contributed by atoms with Gasteiger partial charge in [-0.1, -0.05) is 6.92 Å². The number of nitrogens with zero attached hydrogens (tertiary/aromatic N) is 2. The van der Waals surface area contributed by atoms with Crippen molar-refractivity contribution in [2.45, 2.75) is 26.3 Å². The van der Waals surface area contributed by atoms with E-state index in [0.29, 0.717) is 12.5 Å². The zero-order chi connectivity index (χ0) is 9.68. The average molecular weight is 198 g/mol. The molecule has 1 aliphatic heterocycles. The highest BCUT2D eigenvalue weighted by Crippen LogP contribution is 2.17. The summed E-state index contributed by atoms with van der Waals surface area (Å²) in [6, 6.07) is 2.69. The third kappa shape index (κ3) is 3.58. The van der Waals surface area contributed by atoms with Gasteiger partial charge in [-0.2, -0.15) is 17.0 Å². The molecule has 1 fully saturated rings. The fraction of sp³-hybridized carbons (Fsp3) is 0.900. The number of hydrogen-bond donors (Lipinski definition) is 0. The molecule has 1 aliphatic rings. The molecule has 2 atom stereocenters. The zero-order valence-corrected chi connectivity index (χ0v) is 9.31. The van der Waals surface area contributed by atoms with Gasteiger partial charge in [0.05, 0.1) is 12.5 Å². The average Bonchev–Trinajstić information content (AvgIpc) is 2.30. The second-order valence-corrected chi connectivity index (χ2v) is 5.04.